The van der Waals surface area contributed by atoms with Crippen LogP contribution in [0, 0.1) is 5.92 Å². The molecule has 1 aromatic carbocycles. The smallest absolute Gasteiger partial charge is 0.0243 e. The van der Waals surface area contributed by atoms with E-state index in [2.05, 4.69) is 59.8 Å². The summed E-state index contributed by atoms with van der Waals surface area (Å²) in [5.74, 6) is 0.725. The van der Waals surface area contributed by atoms with Crippen LogP contribution < -0.4 is 0 Å². The normalized spacial score (nSPS) is 18.2. The third-order valence-electron chi connectivity index (χ3n) is 3.46. The molecule has 1 aromatic rings. The van der Waals surface area contributed by atoms with Crippen molar-refractivity contribution in [1.82, 2.24) is 4.90 Å². The molecule has 1 heterocycles. The van der Waals surface area contributed by atoms with Crippen molar-refractivity contribution < 1.29 is 0 Å². The molecule has 1 aliphatic heterocycles. The zero-order valence-corrected chi connectivity index (χ0v) is 11.2. The molecule has 0 amide bonds. The van der Waals surface area contributed by atoms with Crippen molar-refractivity contribution in [3.05, 3.63) is 33.8 Å². The van der Waals surface area contributed by atoms with Crippen molar-refractivity contribution in [3.63, 3.8) is 0 Å². The number of benzene rings is 1. The van der Waals surface area contributed by atoms with Crippen LogP contribution in [0.2, 0.25) is 0 Å². The summed E-state index contributed by atoms with van der Waals surface area (Å²) >= 11 is 3.53. The lowest BCUT2D eigenvalue weighted by molar-refractivity contribution is 0.170. The fourth-order valence-electron chi connectivity index (χ4n) is 2.10. The van der Waals surface area contributed by atoms with Gasteiger partial charge < -0.3 is 0 Å². The van der Waals surface area contributed by atoms with Crippen molar-refractivity contribution >= 4 is 15.9 Å². The molecule has 1 unspecified atom stereocenters. The summed E-state index contributed by atoms with van der Waals surface area (Å²) < 4.78 is 1.19. The maximum Gasteiger partial charge on any atom is 0.0243 e. The van der Waals surface area contributed by atoms with Crippen molar-refractivity contribution in [1.29, 1.82) is 0 Å². The molecule has 2 heteroatoms. The van der Waals surface area contributed by atoms with Crippen LogP contribution in [0.4, 0.5) is 0 Å². The van der Waals surface area contributed by atoms with E-state index in [1.54, 1.807) is 0 Å². The number of hydrogen-bond donors (Lipinski definition) is 0. The van der Waals surface area contributed by atoms with Crippen LogP contribution in [-0.4, -0.2) is 10.9 Å². The molecule has 0 aliphatic carbocycles. The zero-order chi connectivity index (χ0) is 11.0. The van der Waals surface area contributed by atoms with E-state index in [0.29, 0.717) is 6.04 Å². The van der Waals surface area contributed by atoms with Crippen LogP contribution in [-0.2, 0) is 13.1 Å². The fourth-order valence-corrected chi connectivity index (χ4v) is 2.51. The third-order valence-corrected chi connectivity index (χ3v) is 3.95. The van der Waals surface area contributed by atoms with E-state index in [4.69, 9.17) is 0 Å². The Morgan fingerprint density at radius 2 is 1.80 bits per heavy atom. The zero-order valence-electron chi connectivity index (χ0n) is 9.63. The molecule has 0 fully saturated rings. The van der Waals surface area contributed by atoms with Gasteiger partial charge in [-0.15, -0.1) is 0 Å². The van der Waals surface area contributed by atoms with E-state index in [1.807, 2.05) is 0 Å². The third kappa shape index (κ3) is 2.26. The Morgan fingerprint density at radius 1 is 1.13 bits per heavy atom. The minimum Gasteiger partial charge on any atom is -0.292 e. The van der Waals surface area contributed by atoms with Gasteiger partial charge in [-0.2, -0.15) is 0 Å². The molecule has 0 aromatic heterocycles. The lowest BCUT2D eigenvalue weighted by Crippen LogP contribution is -2.32. The molecule has 1 atom stereocenters. The molecule has 0 saturated carbocycles. The molecular weight excluding hydrogens is 250 g/mol. The van der Waals surface area contributed by atoms with Crippen molar-refractivity contribution in [2.45, 2.75) is 39.9 Å². The maximum atomic E-state index is 3.53. The second kappa shape index (κ2) is 4.26. The highest BCUT2D eigenvalue weighted by molar-refractivity contribution is 9.10. The van der Waals surface area contributed by atoms with Crippen LogP contribution in [0.5, 0.6) is 0 Å². The molecule has 0 radical (unpaired) electrons. The highest BCUT2D eigenvalue weighted by Gasteiger charge is 2.24. The Balaban J connectivity index is 2.15. The van der Waals surface area contributed by atoms with Gasteiger partial charge in [-0.3, -0.25) is 4.90 Å². The number of rotatable bonds is 2. The number of halogens is 1. The van der Waals surface area contributed by atoms with Gasteiger partial charge in [0.25, 0.3) is 0 Å². The molecule has 82 valence electrons. The lowest BCUT2D eigenvalue weighted by atomic mass is 10.1. The van der Waals surface area contributed by atoms with Gasteiger partial charge in [0, 0.05) is 23.6 Å². The first-order chi connectivity index (χ1) is 7.08. The summed E-state index contributed by atoms with van der Waals surface area (Å²) in [6, 6.07) is 7.30. The monoisotopic (exact) mass is 267 g/mol. The van der Waals surface area contributed by atoms with Gasteiger partial charge in [0.1, 0.15) is 0 Å². The molecule has 0 saturated heterocycles. The standard InChI is InChI=1S/C13H18BrN/c1-9(2)10(3)15-7-11-4-5-13(14)6-12(11)8-15/h4-6,9-10H,7-8H2,1-3H3. The van der Waals surface area contributed by atoms with Gasteiger partial charge >= 0.3 is 0 Å². The van der Waals surface area contributed by atoms with Gasteiger partial charge in [0.05, 0.1) is 0 Å². The molecule has 15 heavy (non-hydrogen) atoms. The summed E-state index contributed by atoms with van der Waals surface area (Å²) in [5.41, 5.74) is 2.97. The average molecular weight is 268 g/mol. The van der Waals surface area contributed by atoms with Crippen molar-refractivity contribution in [3.8, 4) is 0 Å². The Bertz CT molecular complexity index is 360. The Hall–Kier alpha value is -0.340. The van der Waals surface area contributed by atoms with Crippen LogP contribution in [0.1, 0.15) is 31.9 Å². The predicted octanol–water partition coefficient (Wildman–Crippen LogP) is 3.81. The van der Waals surface area contributed by atoms with Crippen LogP contribution in [0.3, 0.4) is 0 Å². The first kappa shape index (κ1) is 11.2. The largest absolute Gasteiger partial charge is 0.292 e. The van der Waals surface area contributed by atoms with Crippen molar-refractivity contribution in [2.75, 3.05) is 0 Å². The maximum absolute atomic E-state index is 3.53. The topological polar surface area (TPSA) is 3.24 Å². The van der Waals surface area contributed by atoms with Crippen LogP contribution >= 0.6 is 15.9 Å². The molecule has 0 bridgehead atoms. The molecule has 1 nitrogen and oxygen atoms in total. The highest BCUT2D eigenvalue weighted by atomic mass is 79.9. The lowest BCUT2D eigenvalue weighted by Gasteiger charge is -2.26. The quantitative estimate of drug-likeness (QED) is 0.788. The van der Waals surface area contributed by atoms with E-state index in [1.165, 1.54) is 15.6 Å². The number of nitrogens with zero attached hydrogens (tertiary/aromatic N) is 1. The molecule has 0 N–H and O–H groups in total. The van der Waals surface area contributed by atoms with Gasteiger partial charge in [-0.1, -0.05) is 35.8 Å². The molecule has 2 rings (SSSR count). The van der Waals surface area contributed by atoms with Crippen molar-refractivity contribution in [2.24, 2.45) is 5.92 Å². The molecule has 1 aliphatic rings. The Morgan fingerprint density at radius 3 is 2.47 bits per heavy atom. The summed E-state index contributed by atoms with van der Waals surface area (Å²) in [4.78, 5) is 2.56. The summed E-state index contributed by atoms with van der Waals surface area (Å²) in [5, 5.41) is 0. The minimum absolute atomic E-state index is 0.663. The van der Waals surface area contributed by atoms with Gasteiger partial charge in [-0.25, -0.2) is 0 Å². The fraction of sp³-hybridized carbons (Fsp3) is 0.538. The van der Waals surface area contributed by atoms with Gasteiger partial charge in [0.2, 0.25) is 0 Å². The van der Waals surface area contributed by atoms with E-state index < -0.39 is 0 Å². The summed E-state index contributed by atoms with van der Waals surface area (Å²) in [6.07, 6.45) is 0. The second-order valence-electron chi connectivity index (χ2n) is 4.80. The highest BCUT2D eigenvalue weighted by Crippen LogP contribution is 2.28. The van der Waals surface area contributed by atoms with E-state index in [0.717, 1.165) is 19.0 Å². The number of fused-ring (bicyclic) bond motifs is 1. The average Bonchev–Trinajstić information content (AvgIpc) is 2.58. The Labute approximate surface area is 101 Å². The van der Waals surface area contributed by atoms with E-state index in [-0.39, 0.29) is 0 Å². The molecule has 0 spiro atoms. The summed E-state index contributed by atoms with van der Waals surface area (Å²) in [7, 11) is 0. The first-order valence-electron chi connectivity index (χ1n) is 5.59. The van der Waals surface area contributed by atoms with E-state index in [9.17, 15) is 0 Å². The van der Waals surface area contributed by atoms with Crippen LogP contribution in [0.15, 0.2) is 22.7 Å². The van der Waals surface area contributed by atoms with Crippen LogP contribution in [0.25, 0.3) is 0 Å². The Kier molecular flexibility index (Phi) is 3.17. The minimum atomic E-state index is 0.663. The summed E-state index contributed by atoms with van der Waals surface area (Å²) in [6.45, 7) is 9.13. The van der Waals surface area contributed by atoms with E-state index >= 15 is 0 Å². The van der Waals surface area contributed by atoms with Gasteiger partial charge in [-0.05, 0) is 36.1 Å². The predicted molar refractivity (Wildman–Crippen MR) is 67.7 cm³/mol. The SMILES string of the molecule is CC(C)C(C)N1Cc2ccc(Br)cc2C1. The molecular formula is C13H18BrN. The second-order valence-corrected chi connectivity index (χ2v) is 5.72. The number of hydrogen-bond acceptors (Lipinski definition) is 1. The first-order valence-corrected chi connectivity index (χ1v) is 6.38. The van der Waals surface area contributed by atoms with Gasteiger partial charge in [0.15, 0.2) is 0 Å².